The molecule has 0 unspecified atom stereocenters. The highest BCUT2D eigenvalue weighted by atomic mass is 35.5. The summed E-state index contributed by atoms with van der Waals surface area (Å²) in [6, 6.07) is 19.9. The summed E-state index contributed by atoms with van der Waals surface area (Å²) in [5.41, 5.74) is 2.99. The number of benzene rings is 3. The van der Waals surface area contributed by atoms with E-state index in [2.05, 4.69) is 10.6 Å². The lowest BCUT2D eigenvalue weighted by Crippen LogP contribution is -2.32. The van der Waals surface area contributed by atoms with Crippen molar-refractivity contribution in [1.29, 1.82) is 0 Å². The summed E-state index contributed by atoms with van der Waals surface area (Å²) < 4.78 is 5.16. The molecule has 38 heavy (non-hydrogen) atoms. The van der Waals surface area contributed by atoms with Crippen molar-refractivity contribution < 1.29 is 23.9 Å². The van der Waals surface area contributed by atoms with E-state index in [0.29, 0.717) is 28.2 Å². The van der Waals surface area contributed by atoms with E-state index in [1.807, 2.05) is 19.1 Å². The number of carbonyl (C=O) groups is 4. The lowest BCUT2D eigenvalue weighted by Gasteiger charge is -2.15. The molecule has 9 heteroatoms. The number of rotatable bonds is 8. The summed E-state index contributed by atoms with van der Waals surface area (Å²) >= 11 is 6.24. The molecule has 3 aromatic rings. The second-order valence-electron chi connectivity index (χ2n) is 8.85. The zero-order valence-corrected chi connectivity index (χ0v) is 21.8. The number of aryl methyl sites for hydroxylation is 1. The maximum absolute atomic E-state index is 13.1. The number of anilines is 3. The molecule has 194 valence electrons. The molecule has 0 spiro atoms. The number of nitrogens with one attached hydrogen (secondary N) is 2. The Labute approximate surface area is 225 Å². The molecule has 3 aromatic carbocycles. The molecule has 0 fully saturated rings. The molecule has 1 heterocycles. The van der Waals surface area contributed by atoms with Crippen molar-refractivity contribution in [3.05, 3.63) is 100 Å². The van der Waals surface area contributed by atoms with E-state index >= 15 is 0 Å². The van der Waals surface area contributed by atoms with E-state index in [-0.39, 0.29) is 16.8 Å². The highest BCUT2D eigenvalue weighted by Crippen LogP contribution is 2.30. The van der Waals surface area contributed by atoms with E-state index in [1.165, 1.54) is 6.07 Å². The van der Waals surface area contributed by atoms with Crippen LogP contribution in [0.25, 0.3) is 0 Å². The fraction of sp³-hybridized carbons (Fsp3) is 0.172. The van der Waals surface area contributed by atoms with Crippen molar-refractivity contribution in [2.45, 2.75) is 33.3 Å². The van der Waals surface area contributed by atoms with Gasteiger partial charge in [0.1, 0.15) is 10.7 Å². The lowest BCUT2D eigenvalue weighted by atomic mass is 10.1. The number of carbonyl (C=O) groups excluding carboxylic acids is 4. The summed E-state index contributed by atoms with van der Waals surface area (Å²) in [4.78, 5) is 51.7. The minimum absolute atomic E-state index is 0.0716. The SMILES string of the molecule is CCc1ccc(N2C(=O)C(Cl)=C(Nc3cccc(C(=O)Nc4ccc(C(=O)OC(C)C)cc4)c3)C2=O)cc1. The fourth-order valence-electron chi connectivity index (χ4n) is 3.78. The van der Waals surface area contributed by atoms with E-state index in [0.717, 1.165) is 16.9 Å². The van der Waals surface area contributed by atoms with Crippen LogP contribution in [-0.4, -0.2) is 29.8 Å². The molecule has 0 atom stereocenters. The van der Waals surface area contributed by atoms with E-state index in [1.54, 1.807) is 68.4 Å². The molecule has 0 saturated heterocycles. The van der Waals surface area contributed by atoms with Gasteiger partial charge in [0, 0.05) is 16.9 Å². The Hall–Kier alpha value is -4.43. The van der Waals surface area contributed by atoms with Gasteiger partial charge in [-0.15, -0.1) is 0 Å². The predicted molar refractivity (Wildman–Crippen MR) is 146 cm³/mol. The number of imide groups is 1. The number of halogens is 1. The first kappa shape index (κ1) is 26.6. The van der Waals surface area contributed by atoms with Crippen molar-refractivity contribution in [2.24, 2.45) is 0 Å². The van der Waals surface area contributed by atoms with Gasteiger partial charge in [-0.1, -0.05) is 36.7 Å². The van der Waals surface area contributed by atoms with Gasteiger partial charge in [-0.3, -0.25) is 14.4 Å². The largest absolute Gasteiger partial charge is 0.459 e. The number of hydrogen-bond acceptors (Lipinski definition) is 6. The van der Waals surface area contributed by atoms with Crippen LogP contribution in [0.15, 0.2) is 83.5 Å². The van der Waals surface area contributed by atoms with Crippen LogP contribution in [-0.2, 0) is 20.7 Å². The molecule has 0 aromatic heterocycles. The fourth-order valence-corrected chi connectivity index (χ4v) is 4.00. The molecule has 4 rings (SSSR count). The third kappa shape index (κ3) is 5.76. The average Bonchev–Trinajstić information content (AvgIpc) is 3.11. The van der Waals surface area contributed by atoms with Crippen molar-refractivity contribution in [3.8, 4) is 0 Å². The predicted octanol–water partition coefficient (Wildman–Crippen LogP) is 5.50. The van der Waals surface area contributed by atoms with Crippen molar-refractivity contribution in [3.63, 3.8) is 0 Å². The van der Waals surface area contributed by atoms with Crippen LogP contribution >= 0.6 is 11.6 Å². The van der Waals surface area contributed by atoms with E-state index in [4.69, 9.17) is 16.3 Å². The van der Waals surface area contributed by atoms with Gasteiger partial charge in [-0.05, 0) is 80.4 Å². The van der Waals surface area contributed by atoms with Crippen molar-refractivity contribution in [1.82, 2.24) is 0 Å². The van der Waals surface area contributed by atoms with Gasteiger partial charge in [-0.25, -0.2) is 9.69 Å². The van der Waals surface area contributed by atoms with Gasteiger partial charge in [0.25, 0.3) is 17.7 Å². The second kappa shape index (κ2) is 11.3. The smallest absolute Gasteiger partial charge is 0.338 e. The third-order valence-electron chi connectivity index (χ3n) is 5.75. The molecule has 2 N–H and O–H groups in total. The Morgan fingerprint density at radius 3 is 2.21 bits per heavy atom. The molecule has 0 aliphatic carbocycles. The number of ether oxygens (including phenoxy) is 1. The van der Waals surface area contributed by atoms with Gasteiger partial charge in [0.05, 0.1) is 17.4 Å². The summed E-state index contributed by atoms with van der Waals surface area (Å²) in [6.45, 7) is 5.54. The normalized spacial score (nSPS) is 13.2. The Morgan fingerprint density at radius 2 is 1.58 bits per heavy atom. The number of nitrogens with zero attached hydrogens (tertiary/aromatic N) is 1. The van der Waals surface area contributed by atoms with Gasteiger partial charge in [0.15, 0.2) is 0 Å². The van der Waals surface area contributed by atoms with Crippen LogP contribution in [0.5, 0.6) is 0 Å². The van der Waals surface area contributed by atoms with Crippen LogP contribution in [0.2, 0.25) is 0 Å². The lowest BCUT2D eigenvalue weighted by molar-refractivity contribution is -0.120. The molecule has 1 aliphatic heterocycles. The highest BCUT2D eigenvalue weighted by molar-refractivity contribution is 6.53. The topological polar surface area (TPSA) is 105 Å². The maximum atomic E-state index is 13.1. The molecule has 0 radical (unpaired) electrons. The molecule has 8 nitrogen and oxygen atoms in total. The third-order valence-corrected chi connectivity index (χ3v) is 6.10. The van der Waals surface area contributed by atoms with Crippen LogP contribution in [0.3, 0.4) is 0 Å². The standard InChI is InChI=1S/C29H26ClN3O5/c1-4-18-8-14-23(15-9-18)33-27(35)24(30)25(28(33)36)31-22-7-5-6-20(16-22)26(34)32-21-12-10-19(11-13-21)29(37)38-17(2)3/h5-17,31H,4H2,1-3H3,(H,32,34). The zero-order chi connectivity index (χ0) is 27.4. The Kier molecular flexibility index (Phi) is 7.93. The van der Waals surface area contributed by atoms with E-state index in [9.17, 15) is 19.2 Å². The Balaban J connectivity index is 1.46. The number of amides is 3. The summed E-state index contributed by atoms with van der Waals surface area (Å²) in [5, 5.41) is 5.42. The molecule has 0 saturated carbocycles. The molecular weight excluding hydrogens is 506 g/mol. The highest BCUT2D eigenvalue weighted by Gasteiger charge is 2.39. The monoisotopic (exact) mass is 531 g/mol. The van der Waals surface area contributed by atoms with Crippen LogP contribution in [0.4, 0.5) is 17.1 Å². The molecule has 1 aliphatic rings. The summed E-state index contributed by atoms with van der Waals surface area (Å²) in [6.07, 6.45) is 0.595. The van der Waals surface area contributed by atoms with E-state index < -0.39 is 23.7 Å². The molecular formula is C29H26ClN3O5. The summed E-state index contributed by atoms with van der Waals surface area (Å²) in [7, 11) is 0. The average molecular weight is 532 g/mol. The first-order valence-corrected chi connectivity index (χ1v) is 12.4. The minimum atomic E-state index is -0.627. The Morgan fingerprint density at radius 1 is 0.895 bits per heavy atom. The quantitative estimate of drug-likeness (QED) is 0.294. The van der Waals surface area contributed by atoms with Gasteiger partial charge < -0.3 is 15.4 Å². The van der Waals surface area contributed by atoms with Crippen molar-refractivity contribution in [2.75, 3.05) is 15.5 Å². The van der Waals surface area contributed by atoms with Crippen LogP contribution in [0, 0.1) is 0 Å². The zero-order valence-electron chi connectivity index (χ0n) is 21.1. The first-order valence-electron chi connectivity index (χ1n) is 12.0. The van der Waals surface area contributed by atoms with Crippen molar-refractivity contribution >= 4 is 52.4 Å². The summed E-state index contributed by atoms with van der Waals surface area (Å²) in [5.74, 6) is -2.06. The number of hydrogen-bond donors (Lipinski definition) is 2. The van der Waals surface area contributed by atoms with Crippen LogP contribution in [0.1, 0.15) is 47.1 Å². The molecule has 3 amide bonds. The van der Waals surface area contributed by atoms with Gasteiger partial charge in [-0.2, -0.15) is 0 Å². The van der Waals surface area contributed by atoms with Gasteiger partial charge in [0.2, 0.25) is 0 Å². The first-order chi connectivity index (χ1) is 18.2. The maximum Gasteiger partial charge on any atom is 0.338 e. The van der Waals surface area contributed by atoms with Crippen LogP contribution < -0.4 is 15.5 Å². The van der Waals surface area contributed by atoms with Gasteiger partial charge >= 0.3 is 5.97 Å². The molecule has 0 bridgehead atoms. The number of esters is 1. The second-order valence-corrected chi connectivity index (χ2v) is 9.22. The minimum Gasteiger partial charge on any atom is -0.459 e. The Bertz CT molecular complexity index is 1430.